The maximum Gasteiger partial charge on any atom is 0.295 e. The number of carbonyl (C=O) groups excluding carboxylic acids is 2. The largest absolute Gasteiger partial charge is 0.334 e. The number of aromatic nitrogens is 1. The fraction of sp³-hybridized carbons (Fsp3) is 0.450. The van der Waals surface area contributed by atoms with Crippen molar-refractivity contribution in [2.75, 3.05) is 26.2 Å². The van der Waals surface area contributed by atoms with Crippen molar-refractivity contribution in [1.82, 2.24) is 14.8 Å². The molecule has 6 heteroatoms. The van der Waals surface area contributed by atoms with Gasteiger partial charge < -0.3 is 4.90 Å². The van der Waals surface area contributed by atoms with Crippen LogP contribution in [-0.2, 0) is 11.3 Å². The summed E-state index contributed by atoms with van der Waals surface area (Å²) in [5.74, 6) is -0.760. The number of amides is 1. The van der Waals surface area contributed by atoms with Crippen LogP contribution in [-0.4, -0.2) is 52.7 Å². The van der Waals surface area contributed by atoms with Crippen molar-refractivity contribution >= 4 is 23.0 Å². The second kappa shape index (κ2) is 8.10. The minimum absolute atomic E-state index is 0.379. The van der Waals surface area contributed by atoms with E-state index in [2.05, 4.69) is 9.88 Å². The maximum atomic E-state index is 12.8. The van der Waals surface area contributed by atoms with Gasteiger partial charge in [-0.2, -0.15) is 0 Å². The Kier molecular flexibility index (Phi) is 5.84. The van der Waals surface area contributed by atoms with E-state index in [9.17, 15) is 9.59 Å². The maximum absolute atomic E-state index is 12.8. The molecule has 1 fully saturated rings. The van der Waals surface area contributed by atoms with Gasteiger partial charge in [0.25, 0.3) is 11.7 Å². The second-order valence-electron chi connectivity index (χ2n) is 6.95. The van der Waals surface area contributed by atoms with Gasteiger partial charge >= 0.3 is 0 Å². The van der Waals surface area contributed by atoms with Crippen molar-refractivity contribution in [3.05, 3.63) is 51.0 Å². The highest BCUT2D eigenvalue weighted by Crippen LogP contribution is 2.19. The van der Waals surface area contributed by atoms with Crippen LogP contribution in [0.3, 0.4) is 0 Å². The van der Waals surface area contributed by atoms with E-state index in [1.165, 1.54) is 0 Å². The molecule has 0 radical (unpaired) electrons. The lowest BCUT2D eigenvalue weighted by atomic mass is 9.96. The molecule has 0 atom stereocenters. The summed E-state index contributed by atoms with van der Waals surface area (Å²) in [6.07, 6.45) is 2.69. The van der Waals surface area contributed by atoms with E-state index >= 15 is 0 Å². The third-order valence-electron chi connectivity index (χ3n) is 4.82. The fourth-order valence-corrected chi connectivity index (χ4v) is 4.30. The van der Waals surface area contributed by atoms with Crippen molar-refractivity contribution < 1.29 is 9.59 Å². The van der Waals surface area contributed by atoms with E-state index in [1.807, 2.05) is 44.5 Å². The van der Waals surface area contributed by atoms with E-state index in [1.54, 1.807) is 16.2 Å². The molecule has 3 rings (SSSR count). The summed E-state index contributed by atoms with van der Waals surface area (Å²) in [4.78, 5) is 34.0. The summed E-state index contributed by atoms with van der Waals surface area (Å²) in [7, 11) is 0. The molecule has 0 spiro atoms. The molecule has 1 aliphatic heterocycles. The number of rotatable bonds is 4. The minimum Gasteiger partial charge on any atom is -0.334 e. The van der Waals surface area contributed by atoms with Gasteiger partial charge in [-0.25, -0.2) is 4.98 Å². The molecule has 1 aliphatic rings. The summed E-state index contributed by atoms with van der Waals surface area (Å²) >= 11 is 1.65. The van der Waals surface area contributed by atoms with Gasteiger partial charge in [-0.1, -0.05) is 17.7 Å². The Hall–Kier alpha value is -2.05. The molecule has 1 aromatic heterocycles. The number of aryl methyl sites for hydroxylation is 3. The van der Waals surface area contributed by atoms with E-state index < -0.39 is 0 Å². The fourth-order valence-electron chi connectivity index (χ4n) is 3.64. The van der Waals surface area contributed by atoms with Crippen LogP contribution >= 0.6 is 11.3 Å². The number of carbonyl (C=O) groups is 2. The molecule has 1 saturated heterocycles. The Morgan fingerprint density at radius 3 is 2.46 bits per heavy atom. The van der Waals surface area contributed by atoms with E-state index in [0.717, 1.165) is 47.8 Å². The summed E-state index contributed by atoms with van der Waals surface area (Å²) < 4.78 is 0. The van der Waals surface area contributed by atoms with Gasteiger partial charge in [0.1, 0.15) is 5.01 Å². The summed E-state index contributed by atoms with van der Waals surface area (Å²) in [5, 5.41) is 3.07. The highest BCUT2D eigenvalue weighted by atomic mass is 32.1. The number of benzene rings is 1. The Balaban J connectivity index is 1.67. The number of hydrogen-bond acceptors (Lipinski definition) is 5. The molecule has 0 saturated carbocycles. The summed E-state index contributed by atoms with van der Waals surface area (Å²) in [6, 6.07) is 3.93. The lowest BCUT2D eigenvalue weighted by molar-refractivity contribution is -0.126. The monoisotopic (exact) mass is 371 g/mol. The normalized spacial score (nSPS) is 15.7. The molecule has 138 valence electrons. The van der Waals surface area contributed by atoms with Crippen LogP contribution in [0.2, 0.25) is 0 Å². The smallest absolute Gasteiger partial charge is 0.295 e. The van der Waals surface area contributed by atoms with Crippen LogP contribution in [0, 0.1) is 20.8 Å². The van der Waals surface area contributed by atoms with Gasteiger partial charge in [-0.05, 0) is 38.3 Å². The zero-order valence-electron chi connectivity index (χ0n) is 15.6. The molecule has 2 aromatic rings. The van der Waals surface area contributed by atoms with Gasteiger partial charge in [0.05, 0.1) is 6.54 Å². The van der Waals surface area contributed by atoms with Crippen LogP contribution in [0.4, 0.5) is 0 Å². The number of ketones is 1. The Bertz CT molecular complexity index is 778. The lowest BCUT2D eigenvalue weighted by Crippen LogP contribution is -2.39. The van der Waals surface area contributed by atoms with Gasteiger partial charge in [0, 0.05) is 43.3 Å². The Morgan fingerprint density at radius 2 is 1.81 bits per heavy atom. The van der Waals surface area contributed by atoms with Crippen molar-refractivity contribution in [3.63, 3.8) is 0 Å². The average molecular weight is 372 g/mol. The first-order chi connectivity index (χ1) is 12.5. The standard InChI is InChI=1S/C20H25N3O2S/c1-14-11-15(2)18(16(3)12-14)19(24)20(25)23-7-4-6-22(8-9-23)13-17-21-5-10-26-17/h5,10-12H,4,6-9,13H2,1-3H3. The molecular formula is C20H25N3O2S. The van der Waals surface area contributed by atoms with Crippen molar-refractivity contribution in [2.45, 2.75) is 33.7 Å². The molecule has 1 aromatic carbocycles. The topological polar surface area (TPSA) is 53.5 Å². The molecule has 2 heterocycles. The molecule has 5 nitrogen and oxygen atoms in total. The molecule has 0 N–H and O–H groups in total. The van der Waals surface area contributed by atoms with Crippen LogP contribution in [0.15, 0.2) is 23.7 Å². The number of nitrogens with zero attached hydrogens (tertiary/aromatic N) is 3. The second-order valence-corrected chi connectivity index (χ2v) is 7.93. The number of hydrogen-bond donors (Lipinski definition) is 0. The van der Waals surface area contributed by atoms with E-state index in [4.69, 9.17) is 0 Å². The highest BCUT2D eigenvalue weighted by Gasteiger charge is 2.27. The first-order valence-corrected chi connectivity index (χ1v) is 9.86. The predicted octanol–water partition coefficient (Wildman–Crippen LogP) is 2.99. The van der Waals surface area contributed by atoms with Crippen LogP contribution in [0.25, 0.3) is 0 Å². The van der Waals surface area contributed by atoms with Crippen molar-refractivity contribution in [2.24, 2.45) is 0 Å². The van der Waals surface area contributed by atoms with E-state index in [0.29, 0.717) is 18.7 Å². The molecule has 0 unspecified atom stereocenters. The summed E-state index contributed by atoms with van der Waals surface area (Å²) in [6.45, 7) is 9.51. The zero-order valence-corrected chi connectivity index (χ0v) is 16.4. The lowest BCUT2D eigenvalue weighted by Gasteiger charge is -2.21. The summed E-state index contributed by atoms with van der Waals surface area (Å²) in [5.41, 5.74) is 3.42. The third kappa shape index (κ3) is 4.19. The van der Waals surface area contributed by atoms with Crippen LogP contribution < -0.4 is 0 Å². The SMILES string of the molecule is Cc1cc(C)c(C(=O)C(=O)N2CCCN(Cc3nccs3)CC2)c(C)c1. The quantitative estimate of drug-likeness (QED) is 0.612. The molecule has 26 heavy (non-hydrogen) atoms. The van der Waals surface area contributed by atoms with Gasteiger partial charge in [0.2, 0.25) is 0 Å². The third-order valence-corrected chi connectivity index (χ3v) is 5.58. The van der Waals surface area contributed by atoms with Gasteiger partial charge in [-0.15, -0.1) is 11.3 Å². The molecule has 0 aliphatic carbocycles. The Morgan fingerprint density at radius 1 is 1.08 bits per heavy atom. The Labute approximate surface area is 158 Å². The van der Waals surface area contributed by atoms with Crippen LogP contribution in [0.1, 0.15) is 38.5 Å². The molecular weight excluding hydrogens is 346 g/mol. The van der Waals surface area contributed by atoms with Gasteiger partial charge in [0.15, 0.2) is 0 Å². The van der Waals surface area contributed by atoms with Crippen molar-refractivity contribution in [1.29, 1.82) is 0 Å². The molecule has 0 bridgehead atoms. The van der Waals surface area contributed by atoms with Crippen LogP contribution in [0.5, 0.6) is 0 Å². The number of thiazole rings is 1. The van der Waals surface area contributed by atoms with Crippen molar-refractivity contribution in [3.8, 4) is 0 Å². The number of Topliss-reactive ketones (excluding diaryl/α,β-unsaturated/α-hetero) is 1. The first kappa shape index (κ1) is 18.7. The minimum atomic E-state index is -0.381. The zero-order chi connectivity index (χ0) is 18.7. The highest BCUT2D eigenvalue weighted by molar-refractivity contribution is 7.09. The average Bonchev–Trinajstić information content (AvgIpc) is 2.97. The first-order valence-electron chi connectivity index (χ1n) is 8.98. The molecule has 1 amide bonds. The van der Waals surface area contributed by atoms with Gasteiger partial charge in [-0.3, -0.25) is 14.5 Å². The van der Waals surface area contributed by atoms with E-state index in [-0.39, 0.29) is 11.7 Å². The predicted molar refractivity (Wildman–Crippen MR) is 104 cm³/mol.